The average molecular weight is 263 g/mol. The van der Waals surface area contributed by atoms with Crippen molar-refractivity contribution in [2.75, 3.05) is 13.1 Å². The van der Waals surface area contributed by atoms with Gasteiger partial charge in [-0.05, 0) is 44.8 Å². The van der Waals surface area contributed by atoms with Crippen molar-refractivity contribution < 1.29 is 9.90 Å². The fourth-order valence-electron chi connectivity index (χ4n) is 2.32. The molecule has 106 valence electrons. The Labute approximate surface area is 116 Å². The Balaban J connectivity index is 2.80. The highest BCUT2D eigenvalue weighted by atomic mass is 16.4. The predicted molar refractivity (Wildman–Crippen MR) is 78.5 cm³/mol. The van der Waals surface area contributed by atoms with Crippen LogP contribution in [-0.2, 0) is 11.2 Å². The maximum atomic E-state index is 11.5. The van der Waals surface area contributed by atoms with Gasteiger partial charge in [0.15, 0.2) is 0 Å². The third-order valence-corrected chi connectivity index (χ3v) is 3.30. The van der Waals surface area contributed by atoms with Crippen LogP contribution in [0.25, 0.3) is 0 Å². The normalized spacial score (nSPS) is 12.6. The summed E-state index contributed by atoms with van der Waals surface area (Å²) in [6.45, 7) is 7.91. The zero-order valence-electron chi connectivity index (χ0n) is 12.2. The van der Waals surface area contributed by atoms with Crippen LogP contribution in [0.3, 0.4) is 0 Å². The number of hydrogen-bond donors (Lipinski definition) is 1. The SMILES string of the molecule is CCCN(CCC)[C@@H](Cc1ccc(C)cc1)C(=O)O. The maximum absolute atomic E-state index is 11.5. The van der Waals surface area contributed by atoms with Crippen LogP contribution in [0.2, 0.25) is 0 Å². The van der Waals surface area contributed by atoms with Crippen LogP contribution in [0.5, 0.6) is 0 Å². The van der Waals surface area contributed by atoms with Crippen LogP contribution in [-0.4, -0.2) is 35.1 Å². The number of carboxylic acids is 1. The van der Waals surface area contributed by atoms with E-state index in [-0.39, 0.29) is 0 Å². The molecular formula is C16H25NO2. The van der Waals surface area contributed by atoms with Crippen molar-refractivity contribution in [3.63, 3.8) is 0 Å². The largest absolute Gasteiger partial charge is 0.480 e. The molecule has 3 heteroatoms. The Morgan fingerprint density at radius 2 is 1.68 bits per heavy atom. The van der Waals surface area contributed by atoms with Crippen molar-refractivity contribution in [2.24, 2.45) is 0 Å². The summed E-state index contributed by atoms with van der Waals surface area (Å²) >= 11 is 0. The van der Waals surface area contributed by atoms with Gasteiger partial charge in [-0.1, -0.05) is 43.7 Å². The van der Waals surface area contributed by atoms with Gasteiger partial charge in [-0.3, -0.25) is 9.69 Å². The topological polar surface area (TPSA) is 40.5 Å². The maximum Gasteiger partial charge on any atom is 0.321 e. The molecule has 1 atom stereocenters. The molecule has 0 saturated heterocycles. The summed E-state index contributed by atoms with van der Waals surface area (Å²) in [6, 6.07) is 7.72. The predicted octanol–water partition coefficient (Wildman–Crippen LogP) is 3.11. The van der Waals surface area contributed by atoms with Crippen LogP contribution in [0, 0.1) is 6.92 Å². The van der Waals surface area contributed by atoms with Gasteiger partial charge in [-0.15, -0.1) is 0 Å². The number of aryl methyl sites for hydroxylation is 1. The van der Waals surface area contributed by atoms with E-state index in [0.717, 1.165) is 31.5 Å². The molecule has 0 aliphatic heterocycles. The zero-order valence-corrected chi connectivity index (χ0v) is 12.2. The number of benzene rings is 1. The lowest BCUT2D eigenvalue weighted by molar-refractivity contribution is -0.143. The molecule has 0 aliphatic carbocycles. The van der Waals surface area contributed by atoms with Gasteiger partial charge in [-0.25, -0.2) is 0 Å². The fourth-order valence-corrected chi connectivity index (χ4v) is 2.32. The summed E-state index contributed by atoms with van der Waals surface area (Å²) in [4.78, 5) is 13.6. The van der Waals surface area contributed by atoms with Crippen molar-refractivity contribution in [3.8, 4) is 0 Å². The molecule has 0 bridgehead atoms. The quantitative estimate of drug-likeness (QED) is 0.783. The molecule has 0 heterocycles. The summed E-state index contributed by atoms with van der Waals surface area (Å²) in [5.74, 6) is -0.720. The van der Waals surface area contributed by atoms with Gasteiger partial charge in [0, 0.05) is 0 Å². The van der Waals surface area contributed by atoms with Gasteiger partial charge in [0.2, 0.25) is 0 Å². The second-order valence-electron chi connectivity index (χ2n) is 5.08. The minimum atomic E-state index is -0.720. The second-order valence-corrected chi connectivity index (χ2v) is 5.08. The minimum Gasteiger partial charge on any atom is -0.480 e. The lowest BCUT2D eigenvalue weighted by Gasteiger charge is -2.28. The molecule has 0 radical (unpaired) electrons. The molecular weight excluding hydrogens is 238 g/mol. The fraction of sp³-hybridized carbons (Fsp3) is 0.562. The first-order valence-electron chi connectivity index (χ1n) is 7.10. The first-order chi connectivity index (χ1) is 9.08. The van der Waals surface area contributed by atoms with E-state index in [0.29, 0.717) is 6.42 Å². The Morgan fingerprint density at radius 1 is 1.16 bits per heavy atom. The Kier molecular flexibility index (Phi) is 6.57. The van der Waals surface area contributed by atoms with Crippen LogP contribution < -0.4 is 0 Å². The van der Waals surface area contributed by atoms with E-state index in [1.54, 1.807) is 0 Å². The van der Waals surface area contributed by atoms with E-state index in [2.05, 4.69) is 18.7 Å². The van der Waals surface area contributed by atoms with Crippen molar-refractivity contribution in [1.82, 2.24) is 4.90 Å². The van der Waals surface area contributed by atoms with Crippen LogP contribution in [0.15, 0.2) is 24.3 Å². The van der Waals surface area contributed by atoms with Gasteiger partial charge in [0.25, 0.3) is 0 Å². The smallest absolute Gasteiger partial charge is 0.321 e. The molecule has 1 N–H and O–H groups in total. The molecule has 0 amide bonds. The summed E-state index contributed by atoms with van der Waals surface area (Å²) in [5.41, 5.74) is 2.30. The number of rotatable bonds is 8. The Hall–Kier alpha value is -1.35. The van der Waals surface area contributed by atoms with E-state index in [1.165, 1.54) is 5.56 Å². The van der Waals surface area contributed by atoms with Gasteiger partial charge in [0.1, 0.15) is 6.04 Å². The summed E-state index contributed by atoms with van der Waals surface area (Å²) in [6.07, 6.45) is 2.55. The molecule has 3 nitrogen and oxygen atoms in total. The Bertz CT molecular complexity index is 380. The summed E-state index contributed by atoms with van der Waals surface area (Å²) in [7, 11) is 0. The third-order valence-electron chi connectivity index (χ3n) is 3.30. The number of nitrogens with zero attached hydrogens (tertiary/aromatic N) is 1. The molecule has 0 spiro atoms. The van der Waals surface area contributed by atoms with E-state index < -0.39 is 12.0 Å². The zero-order chi connectivity index (χ0) is 14.3. The standard InChI is InChI=1S/C16H25NO2/c1-4-10-17(11-5-2)15(16(18)19)12-14-8-6-13(3)7-9-14/h6-9,15H,4-5,10-12H2,1-3H3,(H,18,19)/t15-/m0/s1. The average Bonchev–Trinajstić information content (AvgIpc) is 2.37. The monoisotopic (exact) mass is 263 g/mol. The number of aliphatic carboxylic acids is 1. The molecule has 1 rings (SSSR count). The molecule has 1 aromatic carbocycles. The number of hydrogen-bond acceptors (Lipinski definition) is 2. The van der Waals surface area contributed by atoms with Crippen molar-refractivity contribution in [3.05, 3.63) is 35.4 Å². The van der Waals surface area contributed by atoms with Gasteiger partial charge in [-0.2, -0.15) is 0 Å². The van der Waals surface area contributed by atoms with Crippen molar-refractivity contribution in [2.45, 2.75) is 46.1 Å². The van der Waals surface area contributed by atoms with Crippen LogP contribution >= 0.6 is 0 Å². The number of carboxylic acid groups (broad SMARTS) is 1. The summed E-state index contributed by atoms with van der Waals surface area (Å²) < 4.78 is 0. The number of carbonyl (C=O) groups is 1. The highest BCUT2D eigenvalue weighted by Gasteiger charge is 2.24. The molecule has 1 aromatic rings. The third kappa shape index (κ3) is 5.03. The molecule has 19 heavy (non-hydrogen) atoms. The molecule has 0 unspecified atom stereocenters. The van der Waals surface area contributed by atoms with Crippen molar-refractivity contribution >= 4 is 5.97 Å². The van der Waals surface area contributed by atoms with E-state index in [9.17, 15) is 9.90 Å². The molecule has 0 aliphatic rings. The molecule has 0 aromatic heterocycles. The first-order valence-corrected chi connectivity index (χ1v) is 7.10. The molecule has 0 fully saturated rings. The second kappa shape index (κ2) is 7.95. The lowest BCUT2D eigenvalue weighted by atomic mass is 10.0. The van der Waals surface area contributed by atoms with Crippen molar-refractivity contribution in [1.29, 1.82) is 0 Å². The van der Waals surface area contributed by atoms with E-state index in [1.807, 2.05) is 31.2 Å². The highest BCUT2D eigenvalue weighted by Crippen LogP contribution is 2.12. The van der Waals surface area contributed by atoms with Gasteiger partial charge >= 0.3 is 5.97 Å². The van der Waals surface area contributed by atoms with Crippen LogP contribution in [0.4, 0.5) is 0 Å². The Morgan fingerprint density at radius 3 is 2.11 bits per heavy atom. The van der Waals surface area contributed by atoms with E-state index in [4.69, 9.17) is 0 Å². The van der Waals surface area contributed by atoms with Crippen LogP contribution in [0.1, 0.15) is 37.8 Å². The van der Waals surface area contributed by atoms with Gasteiger partial charge in [0.05, 0.1) is 0 Å². The van der Waals surface area contributed by atoms with Gasteiger partial charge < -0.3 is 5.11 Å². The highest BCUT2D eigenvalue weighted by molar-refractivity contribution is 5.74. The molecule has 0 saturated carbocycles. The minimum absolute atomic E-state index is 0.414. The first kappa shape index (κ1) is 15.7. The summed E-state index contributed by atoms with van der Waals surface area (Å²) in [5, 5.41) is 9.47. The lowest BCUT2D eigenvalue weighted by Crippen LogP contribution is -2.43. The van der Waals surface area contributed by atoms with E-state index >= 15 is 0 Å².